The van der Waals surface area contributed by atoms with Gasteiger partial charge in [0.05, 0.1) is 32.2 Å². The van der Waals surface area contributed by atoms with E-state index in [1.54, 1.807) is 0 Å². The second-order valence-electron chi connectivity index (χ2n) is 5.35. The van der Waals surface area contributed by atoms with Crippen LogP contribution in [0.25, 0.3) is 20.4 Å². The van der Waals surface area contributed by atoms with Gasteiger partial charge in [-0.3, -0.25) is 9.80 Å². The molecule has 0 bridgehead atoms. The molecule has 2 heterocycles. The predicted octanol–water partition coefficient (Wildman–Crippen LogP) is 5.11. The summed E-state index contributed by atoms with van der Waals surface area (Å²) in [6.07, 6.45) is 0. The van der Waals surface area contributed by atoms with Crippen molar-refractivity contribution in [2.45, 2.75) is 0 Å². The van der Waals surface area contributed by atoms with Crippen LogP contribution in [0.2, 0.25) is 0 Å². The normalized spacial score (nSPS) is 11.2. The minimum atomic E-state index is -0.242. The molecule has 0 aliphatic carbocycles. The van der Waals surface area contributed by atoms with Crippen LogP contribution >= 0.6 is 47.9 Å². The third-order valence-corrected chi connectivity index (χ3v) is 6.46. The standard InChI is InChI=1S/C17H14N4OS4/c22-17(20(9-23)15-18-11-5-1-3-7-13(11)25-15)21(10-24)16-19-12-6-2-4-8-14(12)26-16/h1-8,23-24H,9-10H2. The Balaban J connectivity index is 1.69. The van der Waals surface area contributed by atoms with Crippen LogP contribution in [0.15, 0.2) is 48.5 Å². The molecule has 5 nitrogen and oxygen atoms in total. The van der Waals surface area contributed by atoms with Crippen LogP contribution in [-0.2, 0) is 0 Å². The first kappa shape index (κ1) is 17.6. The maximum absolute atomic E-state index is 13.1. The van der Waals surface area contributed by atoms with E-state index in [2.05, 4.69) is 35.2 Å². The molecule has 4 aromatic rings. The van der Waals surface area contributed by atoms with E-state index in [4.69, 9.17) is 0 Å². The largest absolute Gasteiger partial charge is 0.334 e. The van der Waals surface area contributed by atoms with Crippen molar-refractivity contribution in [1.29, 1.82) is 0 Å². The van der Waals surface area contributed by atoms with Gasteiger partial charge in [-0.05, 0) is 24.3 Å². The molecule has 2 aromatic carbocycles. The fourth-order valence-corrected chi connectivity index (χ4v) is 5.12. The lowest BCUT2D eigenvalue weighted by molar-refractivity contribution is 0.253. The van der Waals surface area contributed by atoms with Crippen LogP contribution in [0.3, 0.4) is 0 Å². The number of aromatic nitrogens is 2. The summed E-state index contributed by atoms with van der Waals surface area (Å²) in [6.45, 7) is 0. The highest BCUT2D eigenvalue weighted by Crippen LogP contribution is 2.33. The van der Waals surface area contributed by atoms with Gasteiger partial charge in [-0.2, -0.15) is 25.3 Å². The molecule has 2 amide bonds. The monoisotopic (exact) mass is 418 g/mol. The number of benzene rings is 2. The molecule has 26 heavy (non-hydrogen) atoms. The first-order valence-corrected chi connectivity index (χ1v) is 10.6. The first-order chi connectivity index (χ1) is 12.7. The summed E-state index contributed by atoms with van der Waals surface area (Å²) in [4.78, 5) is 25.4. The second-order valence-corrected chi connectivity index (χ2v) is 7.93. The SMILES string of the molecule is O=C(N(CS)c1nc2ccccc2s1)N(CS)c1nc2ccccc2s1. The Morgan fingerprint density at radius 3 is 1.62 bits per heavy atom. The van der Waals surface area contributed by atoms with Gasteiger partial charge in [0.1, 0.15) is 0 Å². The minimum Gasteiger partial charge on any atom is -0.260 e. The molecule has 0 saturated heterocycles. The molecule has 0 fully saturated rings. The molecule has 0 aliphatic heterocycles. The number of carbonyl (C=O) groups is 1. The lowest BCUT2D eigenvalue weighted by Crippen LogP contribution is -2.42. The van der Waals surface area contributed by atoms with Crippen LogP contribution in [-0.4, -0.2) is 27.8 Å². The molecule has 4 rings (SSSR count). The lowest BCUT2D eigenvalue weighted by Gasteiger charge is -2.24. The number of thiol groups is 2. The average Bonchev–Trinajstić information content (AvgIpc) is 3.26. The summed E-state index contributed by atoms with van der Waals surface area (Å²) < 4.78 is 2.05. The van der Waals surface area contributed by atoms with Gasteiger partial charge in [-0.1, -0.05) is 46.9 Å². The smallest absolute Gasteiger partial charge is 0.260 e. The zero-order valence-electron chi connectivity index (χ0n) is 13.4. The van der Waals surface area contributed by atoms with Crippen molar-refractivity contribution in [3.05, 3.63) is 48.5 Å². The highest BCUT2D eigenvalue weighted by molar-refractivity contribution is 7.80. The van der Waals surface area contributed by atoms with Crippen molar-refractivity contribution < 1.29 is 4.79 Å². The van der Waals surface area contributed by atoms with E-state index in [1.165, 1.54) is 32.5 Å². The summed E-state index contributed by atoms with van der Waals surface area (Å²) in [5.74, 6) is 0.432. The number of nitrogens with zero attached hydrogens (tertiary/aromatic N) is 4. The maximum atomic E-state index is 13.1. The Morgan fingerprint density at radius 1 is 0.808 bits per heavy atom. The van der Waals surface area contributed by atoms with Crippen molar-refractivity contribution in [2.75, 3.05) is 21.6 Å². The van der Waals surface area contributed by atoms with E-state index in [0.29, 0.717) is 10.3 Å². The zero-order chi connectivity index (χ0) is 18.1. The Bertz CT molecular complexity index is 927. The van der Waals surface area contributed by atoms with Gasteiger partial charge in [-0.15, -0.1) is 0 Å². The van der Waals surface area contributed by atoms with Crippen LogP contribution < -0.4 is 9.80 Å². The Hall–Kier alpha value is -1.81. The Labute approximate surface area is 169 Å². The molecule has 0 spiro atoms. The number of hydrogen-bond donors (Lipinski definition) is 2. The van der Waals surface area contributed by atoms with Gasteiger partial charge >= 0.3 is 6.03 Å². The molecule has 0 unspecified atom stereocenters. The van der Waals surface area contributed by atoms with E-state index in [9.17, 15) is 4.79 Å². The van der Waals surface area contributed by atoms with Gasteiger partial charge in [0.2, 0.25) is 0 Å². The molecule has 2 aromatic heterocycles. The molecule has 9 heteroatoms. The van der Waals surface area contributed by atoms with Crippen molar-refractivity contribution >= 4 is 84.7 Å². The van der Waals surface area contributed by atoms with Gasteiger partial charge in [0, 0.05) is 0 Å². The molecule has 0 radical (unpaired) electrons. The molecular weight excluding hydrogens is 404 g/mol. The van der Waals surface area contributed by atoms with Gasteiger partial charge in [0.15, 0.2) is 10.3 Å². The maximum Gasteiger partial charge on any atom is 0.334 e. The number of hydrogen-bond acceptors (Lipinski definition) is 7. The van der Waals surface area contributed by atoms with Crippen LogP contribution in [0, 0.1) is 0 Å². The second kappa shape index (κ2) is 7.43. The number of fused-ring (bicyclic) bond motifs is 2. The molecule has 0 N–H and O–H groups in total. The molecule has 0 saturated carbocycles. The van der Waals surface area contributed by atoms with Crippen molar-refractivity contribution in [2.24, 2.45) is 0 Å². The van der Waals surface area contributed by atoms with E-state index in [0.717, 1.165) is 20.4 Å². The number of urea groups is 1. The van der Waals surface area contributed by atoms with Crippen molar-refractivity contribution in [1.82, 2.24) is 9.97 Å². The summed E-state index contributed by atoms with van der Waals surface area (Å²) in [6, 6.07) is 15.4. The fraction of sp³-hybridized carbons (Fsp3) is 0.118. The highest BCUT2D eigenvalue weighted by atomic mass is 32.1. The van der Waals surface area contributed by atoms with E-state index < -0.39 is 0 Å². The third kappa shape index (κ3) is 3.16. The summed E-state index contributed by atoms with van der Waals surface area (Å²) in [7, 11) is 0. The number of para-hydroxylation sites is 2. The number of amides is 2. The highest BCUT2D eigenvalue weighted by Gasteiger charge is 2.26. The Kier molecular flexibility index (Phi) is 5.03. The average molecular weight is 419 g/mol. The van der Waals surface area contributed by atoms with Crippen molar-refractivity contribution in [3.63, 3.8) is 0 Å². The van der Waals surface area contributed by atoms with Gasteiger partial charge in [-0.25, -0.2) is 14.8 Å². The van der Waals surface area contributed by atoms with E-state index in [-0.39, 0.29) is 17.8 Å². The van der Waals surface area contributed by atoms with Crippen molar-refractivity contribution in [3.8, 4) is 0 Å². The van der Waals surface area contributed by atoms with Crippen LogP contribution in [0.5, 0.6) is 0 Å². The quantitative estimate of drug-likeness (QED) is 0.357. The minimum absolute atomic E-state index is 0.216. The number of rotatable bonds is 4. The summed E-state index contributed by atoms with van der Waals surface area (Å²) in [5, 5.41) is 1.22. The van der Waals surface area contributed by atoms with E-state index in [1.807, 2.05) is 48.5 Å². The Morgan fingerprint density at radius 2 is 1.23 bits per heavy atom. The molecule has 0 atom stereocenters. The number of carbonyl (C=O) groups excluding carboxylic acids is 1. The van der Waals surface area contributed by atoms with E-state index >= 15 is 0 Å². The van der Waals surface area contributed by atoms with Crippen LogP contribution in [0.4, 0.5) is 15.1 Å². The van der Waals surface area contributed by atoms with Gasteiger partial charge in [0.25, 0.3) is 0 Å². The fourth-order valence-electron chi connectivity index (χ4n) is 2.50. The first-order valence-electron chi connectivity index (χ1n) is 7.73. The zero-order valence-corrected chi connectivity index (χ0v) is 16.9. The molecule has 0 aliphatic rings. The third-order valence-electron chi connectivity index (χ3n) is 3.77. The molecule has 132 valence electrons. The molecular formula is C17H14N4OS4. The van der Waals surface area contributed by atoms with Gasteiger partial charge < -0.3 is 0 Å². The number of thiazole rings is 2. The summed E-state index contributed by atoms with van der Waals surface area (Å²) in [5.41, 5.74) is 1.73. The lowest BCUT2D eigenvalue weighted by atomic mass is 10.3. The van der Waals surface area contributed by atoms with Crippen LogP contribution in [0.1, 0.15) is 0 Å². The predicted molar refractivity (Wildman–Crippen MR) is 117 cm³/mol. The number of anilines is 2. The summed E-state index contributed by atoms with van der Waals surface area (Å²) >= 11 is 11.6. The topological polar surface area (TPSA) is 49.3 Å².